The van der Waals surface area contributed by atoms with E-state index in [1.165, 1.54) is 40.9 Å². The van der Waals surface area contributed by atoms with Crippen LogP contribution in [0.2, 0.25) is 5.02 Å². The number of halogens is 4. The van der Waals surface area contributed by atoms with Gasteiger partial charge in [-0.25, -0.2) is 9.79 Å². The first-order valence-electron chi connectivity index (χ1n) is 10.8. The lowest BCUT2D eigenvalue weighted by Crippen LogP contribution is -2.53. The number of aliphatic imine (C=N–C) groups is 1. The number of carbonyl (C=O) groups is 2. The molecule has 1 atom stereocenters. The number of allylic oxidation sites excluding steroid dienone is 2. The molecule has 0 aromatic heterocycles. The Balaban J connectivity index is 2.04. The van der Waals surface area contributed by atoms with Gasteiger partial charge in [0.1, 0.15) is 11.7 Å². The maximum absolute atomic E-state index is 13.4. The summed E-state index contributed by atoms with van der Waals surface area (Å²) in [6.07, 6.45) is -4.07. The zero-order valence-electron chi connectivity index (χ0n) is 19.9. The summed E-state index contributed by atoms with van der Waals surface area (Å²) >= 11 is 7.51. The molecule has 3 rings (SSSR count). The number of nitrogens with zero attached hydrogens (tertiary/aromatic N) is 2. The van der Waals surface area contributed by atoms with Gasteiger partial charge in [-0.1, -0.05) is 35.9 Å². The van der Waals surface area contributed by atoms with Crippen LogP contribution in [-0.2, 0) is 4.79 Å². The van der Waals surface area contributed by atoms with Gasteiger partial charge in [-0.05, 0) is 58.0 Å². The second-order valence-electron chi connectivity index (χ2n) is 9.19. The van der Waals surface area contributed by atoms with Gasteiger partial charge in [-0.15, -0.1) is 11.8 Å². The number of carboxylic acids is 1. The van der Waals surface area contributed by atoms with Crippen LogP contribution < -0.4 is 5.73 Å². The van der Waals surface area contributed by atoms with Crippen LogP contribution >= 0.6 is 23.4 Å². The number of rotatable bonds is 5. The van der Waals surface area contributed by atoms with E-state index >= 15 is 0 Å². The van der Waals surface area contributed by atoms with Gasteiger partial charge in [0.05, 0.1) is 21.3 Å². The molecule has 1 aliphatic rings. The number of aliphatic carboxylic acids is 1. The maximum Gasteiger partial charge on any atom is 0.430 e. The SMILES string of the molecule is CC1(C)SC(C)(C)N(C(=O)c2ccc(C(C=C(N)C(F)(F)F)=Nc3ccccc3Cl)cc2)C1C(=O)O. The highest BCUT2D eigenvalue weighted by molar-refractivity contribution is 8.02. The van der Waals surface area contributed by atoms with Gasteiger partial charge in [-0.2, -0.15) is 13.2 Å². The van der Waals surface area contributed by atoms with Crippen molar-refractivity contribution >= 4 is 46.6 Å². The van der Waals surface area contributed by atoms with Crippen molar-refractivity contribution in [2.45, 2.75) is 49.5 Å². The fraction of sp³-hybridized carbons (Fsp3) is 0.320. The zero-order chi connectivity index (χ0) is 27.1. The van der Waals surface area contributed by atoms with E-state index in [1.807, 2.05) is 0 Å². The summed E-state index contributed by atoms with van der Waals surface area (Å²) in [6.45, 7) is 7.08. The molecule has 2 aromatic rings. The zero-order valence-corrected chi connectivity index (χ0v) is 21.5. The number of benzene rings is 2. The minimum atomic E-state index is -4.77. The summed E-state index contributed by atoms with van der Waals surface area (Å²) in [4.78, 5) is 30.2. The molecule has 1 aliphatic heterocycles. The third-order valence-corrected chi connectivity index (χ3v) is 7.37. The van der Waals surface area contributed by atoms with Crippen LogP contribution in [0.25, 0.3) is 0 Å². The number of hydrogen-bond donors (Lipinski definition) is 2. The Morgan fingerprint density at radius 1 is 1.08 bits per heavy atom. The van der Waals surface area contributed by atoms with Crippen LogP contribution in [0.15, 0.2) is 65.3 Å². The number of hydrogen-bond acceptors (Lipinski definition) is 5. The van der Waals surface area contributed by atoms with Crippen LogP contribution in [0, 0.1) is 0 Å². The average Bonchev–Trinajstić information content (AvgIpc) is 2.96. The quantitative estimate of drug-likeness (QED) is 0.453. The summed E-state index contributed by atoms with van der Waals surface area (Å²) in [5.41, 5.74) is 4.45. The van der Waals surface area contributed by atoms with Crippen molar-refractivity contribution < 1.29 is 27.9 Å². The Kier molecular flexibility index (Phi) is 7.53. The number of para-hydroxylation sites is 1. The molecule has 0 spiro atoms. The Hall–Kier alpha value is -2.98. The van der Waals surface area contributed by atoms with E-state index in [1.54, 1.807) is 52.0 Å². The number of nitrogens with two attached hydrogens (primary N) is 1. The van der Waals surface area contributed by atoms with Gasteiger partial charge in [-0.3, -0.25) is 4.79 Å². The molecule has 0 bridgehead atoms. The van der Waals surface area contributed by atoms with Crippen LogP contribution in [0.5, 0.6) is 0 Å². The molecule has 192 valence electrons. The second kappa shape index (κ2) is 9.82. The minimum Gasteiger partial charge on any atom is -0.480 e. The maximum atomic E-state index is 13.4. The lowest BCUT2D eigenvalue weighted by Gasteiger charge is -2.33. The molecule has 1 heterocycles. The monoisotopic (exact) mass is 539 g/mol. The molecule has 0 aliphatic carbocycles. The summed E-state index contributed by atoms with van der Waals surface area (Å²) in [5.74, 6) is -1.63. The topological polar surface area (TPSA) is 96.0 Å². The van der Waals surface area contributed by atoms with Crippen molar-refractivity contribution in [1.82, 2.24) is 4.90 Å². The Labute approximate surface area is 216 Å². The smallest absolute Gasteiger partial charge is 0.430 e. The van der Waals surface area contributed by atoms with Gasteiger partial charge in [0.15, 0.2) is 0 Å². The number of amides is 1. The number of alkyl halides is 3. The third kappa shape index (κ3) is 5.70. The Morgan fingerprint density at radius 2 is 1.64 bits per heavy atom. The first-order chi connectivity index (χ1) is 16.5. The fourth-order valence-electron chi connectivity index (χ4n) is 4.14. The van der Waals surface area contributed by atoms with Crippen LogP contribution in [-0.4, -0.2) is 49.4 Å². The summed E-state index contributed by atoms with van der Waals surface area (Å²) in [6, 6.07) is 11.0. The number of carboxylic acid groups (broad SMARTS) is 1. The van der Waals surface area contributed by atoms with Gasteiger partial charge in [0.25, 0.3) is 5.91 Å². The Morgan fingerprint density at radius 3 is 2.17 bits per heavy atom. The summed E-state index contributed by atoms with van der Waals surface area (Å²) in [7, 11) is 0. The molecule has 2 aromatic carbocycles. The molecule has 11 heteroatoms. The number of thioether (sulfide) groups is 1. The first-order valence-corrected chi connectivity index (χ1v) is 12.0. The van der Waals surface area contributed by atoms with Gasteiger partial charge >= 0.3 is 12.1 Å². The first kappa shape index (κ1) is 27.6. The van der Waals surface area contributed by atoms with E-state index in [4.69, 9.17) is 17.3 Å². The molecule has 3 N–H and O–H groups in total. The van der Waals surface area contributed by atoms with E-state index < -0.39 is 39.4 Å². The molecule has 0 saturated carbocycles. The molecular weight excluding hydrogens is 515 g/mol. The van der Waals surface area contributed by atoms with Gasteiger partial charge < -0.3 is 15.7 Å². The van der Waals surface area contributed by atoms with Crippen molar-refractivity contribution in [2.24, 2.45) is 10.7 Å². The standard InChI is InChI=1S/C25H25ClF3N3O3S/c1-23(2)20(22(34)35)32(24(3,4)36-23)21(33)15-11-9-14(10-12-15)18(13-19(30)25(27,28)29)31-17-8-6-5-7-16(17)26/h5-13,20H,30H2,1-4H3,(H,34,35). The largest absolute Gasteiger partial charge is 0.480 e. The fourth-order valence-corrected chi connectivity index (χ4v) is 6.21. The number of carbonyl (C=O) groups excluding carboxylic acids is 1. The molecule has 1 unspecified atom stereocenters. The van der Waals surface area contributed by atoms with Crippen molar-refractivity contribution in [3.05, 3.63) is 76.5 Å². The molecular formula is C25H25ClF3N3O3S. The second-order valence-corrected chi connectivity index (χ2v) is 11.9. The normalized spacial score (nSPS) is 19.9. The molecule has 0 radical (unpaired) electrons. The van der Waals surface area contributed by atoms with E-state index in [-0.39, 0.29) is 27.5 Å². The van der Waals surface area contributed by atoms with E-state index in [0.717, 1.165) is 0 Å². The lowest BCUT2D eigenvalue weighted by atomic mass is 9.98. The highest BCUT2D eigenvalue weighted by atomic mass is 35.5. The van der Waals surface area contributed by atoms with Gasteiger partial charge in [0, 0.05) is 15.9 Å². The van der Waals surface area contributed by atoms with Crippen molar-refractivity contribution in [1.29, 1.82) is 0 Å². The minimum absolute atomic E-state index is 0.112. The predicted octanol–water partition coefficient (Wildman–Crippen LogP) is 6.02. The summed E-state index contributed by atoms with van der Waals surface area (Å²) < 4.78 is 38.7. The average molecular weight is 540 g/mol. The van der Waals surface area contributed by atoms with Crippen molar-refractivity contribution in [3.63, 3.8) is 0 Å². The molecule has 6 nitrogen and oxygen atoms in total. The van der Waals surface area contributed by atoms with Crippen molar-refractivity contribution in [3.8, 4) is 0 Å². The van der Waals surface area contributed by atoms with E-state index in [9.17, 15) is 27.9 Å². The third-order valence-electron chi connectivity index (χ3n) is 5.60. The highest BCUT2D eigenvalue weighted by Crippen LogP contribution is 2.51. The molecule has 1 saturated heterocycles. The highest BCUT2D eigenvalue weighted by Gasteiger charge is 2.57. The summed E-state index contributed by atoms with van der Waals surface area (Å²) in [5, 5.41) is 10.1. The van der Waals surface area contributed by atoms with E-state index in [0.29, 0.717) is 6.08 Å². The molecule has 1 amide bonds. The Bertz CT molecular complexity index is 1240. The molecule has 36 heavy (non-hydrogen) atoms. The predicted molar refractivity (Wildman–Crippen MR) is 136 cm³/mol. The van der Waals surface area contributed by atoms with Gasteiger partial charge in [0.2, 0.25) is 0 Å². The van der Waals surface area contributed by atoms with Crippen LogP contribution in [0.1, 0.15) is 43.6 Å². The molecule has 1 fully saturated rings. The van der Waals surface area contributed by atoms with Crippen molar-refractivity contribution in [2.75, 3.05) is 0 Å². The lowest BCUT2D eigenvalue weighted by molar-refractivity contribution is -0.143. The van der Waals surface area contributed by atoms with Crippen LogP contribution in [0.3, 0.4) is 0 Å². The van der Waals surface area contributed by atoms with E-state index in [2.05, 4.69) is 4.99 Å². The van der Waals surface area contributed by atoms with Crippen LogP contribution in [0.4, 0.5) is 18.9 Å².